The lowest BCUT2D eigenvalue weighted by atomic mass is 10.2. The Morgan fingerprint density at radius 1 is 0.667 bits per heavy atom. The molecule has 3 aromatic rings. The molecule has 30 heavy (non-hydrogen) atoms. The maximum Gasteiger partial charge on any atom is 0.0887 e. The zero-order chi connectivity index (χ0) is 20.8. The third-order valence-electron chi connectivity index (χ3n) is 4.99. The van der Waals surface area contributed by atoms with Crippen LogP contribution in [0.1, 0.15) is 11.1 Å². The summed E-state index contributed by atoms with van der Waals surface area (Å²) in [5.74, 6) is 0. The van der Waals surface area contributed by atoms with Gasteiger partial charge in [-0.2, -0.15) is 20.5 Å². The molecule has 0 atom stereocenters. The summed E-state index contributed by atoms with van der Waals surface area (Å²) in [6.45, 7) is 7.46. The second-order valence-electron chi connectivity index (χ2n) is 7.32. The molecule has 6 nitrogen and oxygen atoms in total. The molecule has 0 spiro atoms. The number of azo groups is 2. The van der Waals surface area contributed by atoms with Crippen LogP contribution in [0, 0.1) is 13.8 Å². The minimum absolute atomic E-state index is 0.779. The molecule has 0 aromatic heterocycles. The van der Waals surface area contributed by atoms with E-state index < -0.39 is 0 Å². The van der Waals surface area contributed by atoms with Crippen molar-refractivity contribution in [1.29, 1.82) is 0 Å². The number of hydrogen-bond acceptors (Lipinski definition) is 6. The predicted molar refractivity (Wildman–Crippen MR) is 120 cm³/mol. The maximum atomic E-state index is 5.40. The maximum absolute atomic E-state index is 5.40. The Morgan fingerprint density at radius 2 is 1.23 bits per heavy atom. The van der Waals surface area contributed by atoms with Crippen molar-refractivity contribution in [1.82, 2.24) is 0 Å². The molecule has 0 unspecified atom stereocenters. The molecule has 6 heteroatoms. The molecule has 0 aliphatic carbocycles. The predicted octanol–water partition coefficient (Wildman–Crippen LogP) is 6.97. The molecule has 1 aliphatic heterocycles. The molecule has 1 heterocycles. The van der Waals surface area contributed by atoms with E-state index in [-0.39, 0.29) is 0 Å². The second-order valence-corrected chi connectivity index (χ2v) is 7.32. The standard InChI is InChI=1S/C24H25N5O/c1-18-3-5-20(6-4-18)26-28-24-12-9-22(17-19(24)2)27-25-21-7-10-23(11-8-21)29-13-15-30-16-14-29/h3-12,17H,13-16H2,1-2H3/b27-25+,28-26+. The van der Waals surface area contributed by atoms with Crippen LogP contribution in [0.3, 0.4) is 0 Å². The molecule has 0 saturated carbocycles. The molecule has 0 amide bonds. The Bertz CT molecular complexity index is 1040. The average molecular weight is 399 g/mol. The molecule has 152 valence electrons. The smallest absolute Gasteiger partial charge is 0.0887 e. The van der Waals surface area contributed by atoms with Crippen molar-refractivity contribution < 1.29 is 4.74 Å². The summed E-state index contributed by atoms with van der Waals surface area (Å²) in [5, 5.41) is 17.4. The van der Waals surface area contributed by atoms with Gasteiger partial charge in [-0.05, 0) is 74.0 Å². The van der Waals surface area contributed by atoms with Gasteiger partial charge in [-0.1, -0.05) is 17.7 Å². The van der Waals surface area contributed by atoms with Gasteiger partial charge in [-0.25, -0.2) is 0 Å². The average Bonchev–Trinajstić information content (AvgIpc) is 2.79. The lowest BCUT2D eigenvalue weighted by Crippen LogP contribution is -2.36. The molecule has 1 fully saturated rings. The third kappa shape index (κ3) is 5.15. The summed E-state index contributed by atoms with van der Waals surface area (Å²) in [4.78, 5) is 2.32. The van der Waals surface area contributed by atoms with E-state index in [1.165, 1.54) is 11.3 Å². The van der Waals surface area contributed by atoms with Crippen LogP contribution < -0.4 is 4.90 Å². The van der Waals surface area contributed by atoms with Gasteiger partial charge in [0.25, 0.3) is 0 Å². The van der Waals surface area contributed by atoms with Gasteiger partial charge in [0, 0.05) is 18.8 Å². The third-order valence-corrected chi connectivity index (χ3v) is 4.99. The summed E-state index contributed by atoms with van der Waals surface area (Å²) in [5.41, 5.74) is 6.68. The van der Waals surface area contributed by atoms with Gasteiger partial charge in [0.1, 0.15) is 0 Å². The molecule has 0 bridgehead atoms. The summed E-state index contributed by atoms with van der Waals surface area (Å²) in [6, 6.07) is 21.9. The zero-order valence-electron chi connectivity index (χ0n) is 17.3. The van der Waals surface area contributed by atoms with Gasteiger partial charge in [0.15, 0.2) is 0 Å². The highest BCUT2D eigenvalue weighted by molar-refractivity contribution is 5.55. The van der Waals surface area contributed by atoms with Crippen molar-refractivity contribution in [3.8, 4) is 0 Å². The summed E-state index contributed by atoms with van der Waals surface area (Å²) < 4.78 is 5.40. The number of anilines is 1. The van der Waals surface area contributed by atoms with Crippen LogP contribution >= 0.6 is 0 Å². The Morgan fingerprint density at radius 3 is 1.90 bits per heavy atom. The molecule has 3 aromatic carbocycles. The monoisotopic (exact) mass is 399 g/mol. The van der Waals surface area contributed by atoms with E-state index in [2.05, 4.69) is 44.4 Å². The number of hydrogen-bond donors (Lipinski definition) is 0. The fourth-order valence-electron chi connectivity index (χ4n) is 3.20. The second kappa shape index (κ2) is 9.41. The lowest BCUT2D eigenvalue weighted by molar-refractivity contribution is 0.122. The van der Waals surface area contributed by atoms with Crippen LogP contribution in [-0.4, -0.2) is 26.3 Å². The molecule has 1 saturated heterocycles. The van der Waals surface area contributed by atoms with Crippen molar-refractivity contribution >= 4 is 28.4 Å². The minimum atomic E-state index is 0.779. The SMILES string of the molecule is Cc1ccc(/N=N/c2ccc(/N=N/c3ccc(N4CCOCC4)cc3)cc2C)cc1. The minimum Gasteiger partial charge on any atom is -0.378 e. The van der Waals surface area contributed by atoms with Crippen molar-refractivity contribution in [2.75, 3.05) is 31.2 Å². The number of ether oxygens (including phenoxy) is 1. The van der Waals surface area contributed by atoms with E-state index in [9.17, 15) is 0 Å². The number of aryl methyl sites for hydroxylation is 2. The van der Waals surface area contributed by atoms with E-state index in [4.69, 9.17) is 4.74 Å². The quantitative estimate of drug-likeness (QED) is 0.435. The number of rotatable bonds is 5. The van der Waals surface area contributed by atoms with Gasteiger partial charge >= 0.3 is 0 Å². The van der Waals surface area contributed by atoms with Crippen LogP contribution in [-0.2, 0) is 4.74 Å². The Kier molecular flexibility index (Phi) is 6.25. The Hall–Kier alpha value is -3.38. The van der Waals surface area contributed by atoms with Crippen LogP contribution in [0.4, 0.5) is 28.4 Å². The number of benzene rings is 3. The van der Waals surface area contributed by atoms with Crippen LogP contribution in [0.2, 0.25) is 0 Å². The normalized spacial score (nSPS) is 14.7. The van der Waals surface area contributed by atoms with Gasteiger partial charge in [0.05, 0.1) is 36.0 Å². The lowest BCUT2D eigenvalue weighted by Gasteiger charge is -2.28. The fourth-order valence-corrected chi connectivity index (χ4v) is 3.20. The summed E-state index contributed by atoms with van der Waals surface area (Å²) >= 11 is 0. The molecular weight excluding hydrogens is 374 g/mol. The van der Waals surface area contributed by atoms with Crippen LogP contribution in [0.25, 0.3) is 0 Å². The van der Waals surface area contributed by atoms with Crippen molar-refractivity contribution in [2.45, 2.75) is 13.8 Å². The number of nitrogens with zero attached hydrogens (tertiary/aromatic N) is 5. The van der Waals surface area contributed by atoms with Gasteiger partial charge in [-0.3, -0.25) is 0 Å². The highest BCUT2D eigenvalue weighted by Gasteiger charge is 2.10. The van der Waals surface area contributed by atoms with E-state index in [1.54, 1.807) is 0 Å². The fraction of sp³-hybridized carbons (Fsp3) is 0.250. The molecule has 4 rings (SSSR count). The van der Waals surface area contributed by atoms with E-state index >= 15 is 0 Å². The van der Waals surface area contributed by atoms with Crippen molar-refractivity contribution in [3.05, 3.63) is 77.9 Å². The van der Waals surface area contributed by atoms with E-state index in [0.717, 1.165) is 54.6 Å². The van der Waals surface area contributed by atoms with Crippen molar-refractivity contribution in [2.24, 2.45) is 20.5 Å². The summed E-state index contributed by atoms with van der Waals surface area (Å²) in [6.07, 6.45) is 0. The van der Waals surface area contributed by atoms with Gasteiger partial charge in [-0.15, -0.1) is 0 Å². The molecule has 0 radical (unpaired) electrons. The Balaban J connectivity index is 1.41. The zero-order valence-corrected chi connectivity index (χ0v) is 17.3. The molecule has 0 N–H and O–H groups in total. The van der Waals surface area contributed by atoms with E-state index in [1.807, 2.05) is 61.5 Å². The first kappa shape index (κ1) is 19.9. The molecule has 1 aliphatic rings. The first-order chi connectivity index (χ1) is 14.7. The van der Waals surface area contributed by atoms with Gasteiger partial charge in [0.2, 0.25) is 0 Å². The van der Waals surface area contributed by atoms with Crippen LogP contribution in [0.15, 0.2) is 87.2 Å². The van der Waals surface area contributed by atoms with E-state index in [0.29, 0.717) is 0 Å². The first-order valence-electron chi connectivity index (χ1n) is 10.1. The summed E-state index contributed by atoms with van der Waals surface area (Å²) in [7, 11) is 0. The first-order valence-corrected chi connectivity index (χ1v) is 10.1. The molecular formula is C24H25N5O. The highest BCUT2D eigenvalue weighted by Crippen LogP contribution is 2.28. The largest absolute Gasteiger partial charge is 0.378 e. The van der Waals surface area contributed by atoms with Gasteiger partial charge < -0.3 is 9.64 Å². The highest BCUT2D eigenvalue weighted by atomic mass is 16.5. The van der Waals surface area contributed by atoms with Crippen LogP contribution in [0.5, 0.6) is 0 Å². The Labute approximate surface area is 176 Å². The van der Waals surface area contributed by atoms with Crippen molar-refractivity contribution in [3.63, 3.8) is 0 Å². The number of morpholine rings is 1. The topological polar surface area (TPSA) is 61.9 Å².